The molecule has 2 aromatic rings. The molecule has 2 heterocycles. The minimum absolute atomic E-state index is 0.0253. The number of phenolic OH excluding ortho intramolecular Hbond substituents is 2. The molecule has 4 amide bonds. The number of amides is 4. The van der Waals surface area contributed by atoms with Gasteiger partial charge in [0.2, 0.25) is 23.6 Å². The number of hydrogen-bond donors (Lipinski definition) is 2. The zero-order chi connectivity index (χ0) is 31.4. The van der Waals surface area contributed by atoms with Gasteiger partial charge in [-0.3, -0.25) is 19.2 Å². The summed E-state index contributed by atoms with van der Waals surface area (Å²) in [5.74, 6) is -3.57. The van der Waals surface area contributed by atoms with Crippen molar-refractivity contribution in [2.45, 2.75) is 25.7 Å². The molecule has 4 aliphatic carbocycles. The van der Waals surface area contributed by atoms with Crippen molar-refractivity contribution in [3.8, 4) is 23.0 Å². The number of carbonyl (C=O) groups excluding carboxylic acids is 4. The van der Waals surface area contributed by atoms with Crippen LogP contribution in [0.25, 0.3) is 0 Å². The Balaban J connectivity index is 1.08. The van der Waals surface area contributed by atoms with Gasteiger partial charge in [0.25, 0.3) is 0 Å². The minimum Gasteiger partial charge on any atom is -0.506 e. The van der Waals surface area contributed by atoms with Crippen LogP contribution in [0.15, 0.2) is 86.0 Å². The fourth-order valence-corrected chi connectivity index (χ4v) is 9.39. The summed E-state index contributed by atoms with van der Waals surface area (Å²) >= 11 is 0. The Kier molecular flexibility index (Phi) is 5.70. The maximum absolute atomic E-state index is 13.8. The van der Waals surface area contributed by atoms with Gasteiger partial charge >= 0.3 is 0 Å². The van der Waals surface area contributed by atoms with Crippen LogP contribution in [-0.4, -0.2) is 33.8 Å². The summed E-state index contributed by atoms with van der Waals surface area (Å²) < 4.78 is 6.07. The van der Waals surface area contributed by atoms with Crippen molar-refractivity contribution in [1.29, 1.82) is 0 Å². The number of rotatable bonds is 8. The first-order chi connectivity index (χ1) is 21.6. The van der Waals surface area contributed by atoms with E-state index in [-0.39, 0.29) is 69.8 Å². The van der Waals surface area contributed by atoms with E-state index in [4.69, 9.17) is 4.74 Å². The average molecular weight is 605 g/mol. The van der Waals surface area contributed by atoms with Crippen molar-refractivity contribution in [3.63, 3.8) is 0 Å². The highest BCUT2D eigenvalue weighted by Crippen LogP contribution is 2.63. The smallest absolute Gasteiger partial charge is 0.238 e. The molecule has 228 valence electrons. The molecule has 4 bridgehead atoms. The summed E-state index contributed by atoms with van der Waals surface area (Å²) in [6, 6.07) is 8.52. The number of imide groups is 2. The van der Waals surface area contributed by atoms with Crippen LogP contribution in [0, 0.1) is 46.3 Å². The molecule has 0 spiro atoms. The monoisotopic (exact) mass is 604 g/mol. The Bertz CT molecular complexity index is 1680. The van der Waals surface area contributed by atoms with Gasteiger partial charge in [0, 0.05) is 23.0 Å². The number of nitrogens with zero attached hydrogens (tertiary/aromatic N) is 2. The zero-order valence-corrected chi connectivity index (χ0v) is 24.5. The number of anilines is 2. The third kappa shape index (κ3) is 3.55. The fourth-order valence-electron chi connectivity index (χ4n) is 9.39. The molecule has 6 aliphatic rings. The average Bonchev–Trinajstić information content (AvgIpc) is 3.84. The predicted octanol–water partition coefficient (Wildman–Crippen LogP) is 5.41. The minimum atomic E-state index is -0.521. The third-order valence-corrected chi connectivity index (χ3v) is 11.1. The molecule has 8 rings (SSSR count). The van der Waals surface area contributed by atoms with Crippen molar-refractivity contribution >= 4 is 35.0 Å². The molecule has 2 aromatic carbocycles. The van der Waals surface area contributed by atoms with E-state index >= 15 is 0 Å². The first kappa shape index (κ1) is 27.6. The Morgan fingerprint density at radius 1 is 0.711 bits per heavy atom. The van der Waals surface area contributed by atoms with E-state index in [1.165, 1.54) is 36.4 Å². The maximum atomic E-state index is 13.8. The normalized spacial score (nSPS) is 35.1. The molecule has 2 saturated heterocycles. The van der Waals surface area contributed by atoms with Crippen molar-refractivity contribution in [1.82, 2.24) is 0 Å². The molecule has 2 saturated carbocycles. The highest BCUT2D eigenvalue weighted by molar-refractivity contribution is 6.24. The SMILES string of the molecule is C=CCC12C=CC(C1)C1C(=O)N(c3cc(Oc4ccc(O)c(N5C(=O)C6C7C=CC(CC=C)(C7)C6C5=O)c4)ccc3O)C(=O)C12. The van der Waals surface area contributed by atoms with Crippen LogP contribution in [0.4, 0.5) is 11.4 Å². The third-order valence-electron chi connectivity index (χ3n) is 11.1. The Hall–Kier alpha value is -4.92. The van der Waals surface area contributed by atoms with Gasteiger partial charge in [0.15, 0.2) is 0 Å². The van der Waals surface area contributed by atoms with E-state index in [0.717, 1.165) is 22.6 Å². The second-order valence-corrected chi connectivity index (χ2v) is 13.3. The van der Waals surface area contributed by atoms with Crippen LogP contribution >= 0.6 is 0 Å². The summed E-state index contributed by atoms with van der Waals surface area (Å²) in [5.41, 5.74) is -0.849. The topological polar surface area (TPSA) is 124 Å². The lowest BCUT2D eigenvalue weighted by Gasteiger charge is -2.29. The lowest BCUT2D eigenvalue weighted by Crippen LogP contribution is -2.35. The van der Waals surface area contributed by atoms with Gasteiger partial charge in [0.1, 0.15) is 23.0 Å². The number of hydrogen-bond acceptors (Lipinski definition) is 7. The largest absolute Gasteiger partial charge is 0.506 e. The van der Waals surface area contributed by atoms with Crippen LogP contribution in [0.2, 0.25) is 0 Å². The Labute approximate surface area is 259 Å². The van der Waals surface area contributed by atoms with E-state index in [1.54, 1.807) is 12.2 Å². The first-order valence-electron chi connectivity index (χ1n) is 15.3. The fraction of sp³-hybridized carbons (Fsp3) is 0.333. The Morgan fingerprint density at radius 2 is 1.13 bits per heavy atom. The Morgan fingerprint density at radius 3 is 1.53 bits per heavy atom. The van der Waals surface area contributed by atoms with Gasteiger partial charge in [0.05, 0.1) is 35.0 Å². The quantitative estimate of drug-likeness (QED) is 0.305. The number of ether oxygens (including phenoxy) is 1. The molecular formula is C36H32N2O7. The molecule has 9 nitrogen and oxygen atoms in total. The second-order valence-electron chi connectivity index (χ2n) is 13.3. The number of benzene rings is 2. The van der Waals surface area contributed by atoms with Gasteiger partial charge in [-0.05, 0) is 61.8 Å². The van der Waals surface area contributed by atoms with Crippen molar-refractivity contribution < 1.29 is 34.1 Å². The summed E-state index contributed by atoms with van der Waals surface area (Å²) in [5, 5.41) is 21.6. The van der Waals surface area contributed by atoms with Crippen LogP contribution in [0.5, 0.6) is 23.0 Å². The molecular weight excluding hydrogens is 572 g/mol. The van der Waals surface area contributed by atoms with E-state index in [1.807, 2.05) is 24.3 Å². The van der Waals surface area contributed by atoms with E-state index in [0.29, 0.717) is 12.8 Å². The van der Waals surface area contributed by atoms with Gasteiger partial charge < -0.3 is 14.9 Å². The molecule has 4 fully saturated rings. The molecule has 9 heteroatoms. The van der Waals surface area contributed by atoms with Crippen molar-refractivity contribution in [2.75, 3.05) is 9.80 Å². The van der Waals surface area contributed by atoms with Crippen LogP contribution in [-0.2, 0) is 19.2 Å². The lowest BCUT2D eigenvalue weighted by atomic mass is 9.72. The second kappa shape index (κ2) is 9.30. The van der Waals surface area contributed by atoms with Gasteiger partial charge in [-0.2, -0.15) is 0 Å². The summed E-state index contributed by atoms with van der Waals surface area (Å²) in [6.45, 7) is 7.71. The lowest BCUT2D eigenvalue weighted by molar-refractivity contribution is -0.125. The molecule has 45 heavy (non-hydrogen) atoms. The summed E-state index contributed by atoms with van der Waals surface area (Å²) in [7, 11) is 0. The van der Waals surface area contributed by atoms with Gasteiger partial charge in [-0.1, -0.05) is 36.5 Å². The van der Waals surface area contributed by atoms with E-state index in [2.05, 4.69) is 13.2 Å². The number of allylic oxidation sites excluding steroid dienone is 6. The standard InChI is InChI=1S/C36H32N2O7/c1-3-11-35-13-9-19(17-35)27-29(35)33(43)37(31(27)41)23-15-21(5-7-25(23)39)45-22-6-8-26(40)24(16-22)38-32(42)28-20-10-14-36(18-20,12-4-2)30(28)34(38)44/h3-10,13-16,19-20,27-30,39-40H,1-2,11-12,17-18H2. The van der Waals surface area contributed by atoms with Gasteiger partial charge in [-0.15, -0.1) is 13.2 Å². The van der Waals surface area contributed by atoms with Crippen LogP contribution in [0.3, 0.4) is 0 Å². The molecule has 8 atom stereocenters. The molecule has 0 aromatic heterocycles. The van der Waals surface area contributed by atoms with Gasteiger partial charge in [-0.25, -0.2) is 9.80 Å². The molecule has 0 radical (unpaired) electrons. The summed E-state index contributed by atoms with van der Waals surface area (Å²) in [4.78, 5) is 56.9. The molecule has 2 aliphatic heterocycles. The van der Waals surface area contributed by atoms with Crippen LogP contribution in [0.1, 0.15) is 25.7 Å². The number of carbonyl (C=O) groups is 4. The molecule has 2 N–H and O–H groups in total. The summed E-state index contributed by atoms with van der Waals surface area (Å²) in [6.07, 6.45) is 14.3. The van der Waals surface area contributed by atoms with E-state index < -0.39 is 34.5 Å². The predicted molar refractivity (Wildman–Crippen MR) is 164 cm³/mol. The first-order valence-corrected chi connectivity index (χ1v) is 15.3. The zero-order valence-electron chi connectivity index (χ0n) is 24.5. The number of phenols is 2. The van der Waals surface area contributed by atoms with Crippen molar-refractivity contribution in [2.24, 2.45) is 46.3 Å². The highest BCUT2D eigenvalue weighted by Gasteiger charge is 2.67. The number of aromatic hydroxyl groups is 2. The van der Waals surface area contributed by atoms with Crippen molar-refractivity contribution in [3.05, 3.63) is 86.0 Å². The number of fused-ring (bicyclic) bond motifs is 10. The highest BCUT2D eigenvalue weighted by atomic mass is 16.5. The molecule has 8 unspecified atom stereocenters. The van der Waals surface area contributed by atoms with Crippen LogP contribution < -0.4 is 14.5 Å². The van der Waals surface area contributed by atoms with E-state index in [9.17, 15) is 29.4 Å². The maximum Gasteiger partial charge on any atom is 0.238 e.